The third-order valence-electron chi connectivity index (χ3n) is 5.07. The minimum absolute atomic E-state index is 0. The molecule has 2 aliphatic carbocycles. The predicted octanol–water partition coefficient (Wildman–Crippen LogP) is 3.26. The molecular formula is C17H24ClFN2O. The van der Waals surface area contributed by atoms with E-state index in [-0.39, 0.29) is 36.1 Å². The molecule has 3 rings (SSSR count). The molecular weight excluding hydrogens is 303 g/mol. The van der Waals surface area contributed by atoms with E-state index in [0.717, 1.165) is 49.7 Å². The van der Waals surface area contributed by atoms with Gasteiger partial charge in [0, 0.05) is 5.54 Å². The van der Waals surface area contributed by atoms with Crippen molar-refractivity contribution in [1.82, 2.24) is 5.32 Å². The summed E-state index contributed by atoms with van der Waals surface area (Å²) in [4.78, 5) is 12.6. The number of halogens is 2. The summed E-state index contributed by atoms with van der Waals surface area (Å²) in [6.45, 7) is 1.98. The lowest BCUT2D eigenvalue weighted by Crippen LogP contribution is -2.53. The number of hydrogen-bond acceptors (Lipinski definition) is 2. The van der Waals surface area contributed by atoms with Crippen LogP contribution in [0.4, 0.5) is 4.39 Å². The fourth-order valence-corrected chi connectivity index (χ4v) is 3.80. The maximum absolute atomic E-state index is 13.2. The van der Waals surface area contributed by atoms with Crippen molar-refractivity contribution in [3.8, 4) is 0 Å². The van der Waals surface area contributed by atoms with Gasteiger partial charge in [0.1, 0.15) is 5.82 Å². The number of carbonyl (C=O) groups is 1. The summed E-state index contributed by atoms with van der Waals surface area (Å²) in [7, 11) is 0. The van der Waals surface area contributed by atoms with Gasteiger partial charge in [-0.25, -0.2) is 4.39 Å². The normalized spacial score (nSPS) is 30.3. The van der Waals surface area contributed by atoms with Crippen molar-refractivity contribution in [2.45, 2.75) is 57.0 Å². The van der Waals surface area contributed by atoms with Crippen molar-refractivity contribution < 1.29 is 9.18 Å². The molecule has 0 aromatic heterocycles. The first-order valence-corrected chi connectivity index (χ1v) is 7.85. The van der Waals surface area contributed by atoms with E-state index in [2.05, 4.69) is 5.32 Å². The van der Waals surface area contributed by atoms with Gasteiger partial charge in [0.05, 0.1) is 12.0 Å². The zero-order chi connectivity index (χ0) is 15.0. The van der Waals surface area contributed by atoms with Gasteiger partial charge in [-0.05, 0) is 55.9 Å². The first kappa shape index (κ1) is 17.2. The van der Waals surface area contributed by atoms with Crippen LogP contribution in [-0.2, 0) is 11.2 Å². The molecule has 2 aliphatic rings. The maximum Gasteiger partial charge on any atom is 0.225 e. The lowest BCUT2D eigenvalue weighted by atomic mass is 9.74. The van der Waals surface area contributed by atoms with E-state index in [0.29, 0.717) is 0 Å². The second-order valence-corrected chi connectivity index (χ2v) is 6.75. The van der Waals surface area contributed by atoms with E-state index in [9.17, 15) is 9.18 Å². The Kier molecular flexibility index (Phi) is 5.13. The molecule has 1 aromatic rings. The van der Waals surface area contributed by atoms with Crippen LogP contribution in [-0.4, -0.2) is 11.4 Å². The molecule has 0 heterocycles. The minimum Gasteiger partial charge on any atom is -0.349 e. The van der Waals surface area contributed by atoms with Crippen LogP contribution in [0.15, 0.2) is 18.2 Å². The van der Waals surface area contributed by atoms with Gasteiger partial charge in [-0.2, -0.15) is 0 Å². The topological polar surface area (TPSA) is 55.1 Å². The van der Waals surface area contributed by atoms with Crippen molar-refractivity contribution in [2.24, 2.45) is 11.7 Å². The Labute approximate surface area is 137 Å². The van der Waals surface area contributed by atoms with Crippen LogP contribution >= 0.6 is 12.4 Å². The Bertz CT molecular complexity index is 562. The van der Waals surface area contributed by atoms with Gasteiger partial charge in [-0.1, -0.05) is 18.9 Å². The van der Waals surface area contributed by atoms with Crippen LogP contribution < -0.4 is 11.1 Å². The van der Waals surface area contributed by atoms with Gasteiger partial charge in [0.25, 0.3) is 0 Å². The highest BCUT2D eigenvalue weighted by Gasteiger charge is 2.39. The Hall–Kier alpha value is -1.13. The second-order valence-electron chi connectivity index (χ2n) is 6.75. The van der Waals surface area contributed by atoms with Crippen LogP contribution in [0.3, 0.4) is 0 Å². The van der Waals surface area contributed by atoms with Crippen LogP contribution in [0.2, 0.25) is 0 Å². The molecule has 22 heavy (non-hydrogen) atoms. The van der Waals surface area contributed by atoms with E-state index >= 15 is 0 Å². The molecule has 3 N–H and O–H groups in total. The molecule has 1 saturated carbocycles. The number of nitrogens with two attached hydrogens (primary N) is 1. The fraction of sp³-hybridized carbons (Fsp3) is 0.588. The minimum atomic E-state index is -0.410. The fourth-order valence-electron chi connectivity index (χ4n) is 3.80. The van der Waals surface area contributed by atoms with Crippen molar-refractivity contribution in [1.29, 1.82) is 0 Å². The summed E-state index contributed by atoms with van der Waals surface area (Å²) in [6, 6.07) is 4.85. The molecule has 122 valence electrons. The number of carbonyl (C=O) groups excluding carboxylic acids is 1. The summed E-state index contributed by atoms with van der Waals surface area (Å²) in [5, 5.41) is 3.14. The highest BCUT2D eigenvalue weighted by atomic mass is 35.5. The molecule has 5 heteroatoms. The largest absolute Gasteiger partial charge is 0.349 e. The molecule has 1 fully saturated rings. The molecule has 0 bridgehead atoms. The molecule has 1 amide bonds. The van der Waals surface area contributed by atoms with E-state index in [1.54, 1.807) is 12.1 Å². The van der Waals surface area contributed by atoms with Gasteiger partial charge in [0.2, 0.25) is 5.91 Å². The van der Waals surface area contributed by atoms with Gasteiger partial charge in [0.15, 0.2) is 0 Å². The standard InChI is InChI=1S/C17H23FN2O.ClH/c1-17(19)9-3-2-4-14(17)16(21)20-15-8-5-11-10-12(18)6-7-13(11)15;/h6-7,10,14-15H,2-5,8-9,19H2,1H3,(H,20,21);1H. The van der Waals surface area contributed by atoms with Crippen LogP contribution in [0.5, 0.6) is 0 Å². The van der Waals surface area contributed by atoms with Gasteiger partial charge in [-0.3, -0.25) is 4.79 Å². The van der Waals surface area contributed by atoms with Gasteiger partial charge < -0.3 is 11.1 Å². The molecule has 0 spiro atoms. The third kappa shape index (κ3) is 3.28. The number of aryl methyl sites for hydroxylation is 1. The first-order chi connectivity index (χ1) is 9.97. The molecule has 3 atom stereocenters. The Morgan fingerprint density at radius 1 is 1.36 bits per heavy atom. The Morgan fingerprint density at radius 3 is 2.86 bits per heavy atom. The number of fused-ring (bicyclic) bond motifs is 1. The SMILES string of the molecule is CC1(N)CCCCC1C(=O)NC1CCc2cc(F)ccc21.Cl. The molecule has 1 aromatic carbocycles. The monoisotopic (exact) mass is 326 g/mol. The molecule has 0 aliphatic heterocycles. The lowest BCUT2D eigenvalue weighted by molar-refractivity contribution is -0.128. The van der Waals surface area contributed by atoms with Crippen molar-refractivity contribution in [3.63, 3.8) is 0 Å². The highest BCUT2D eigenvalue weighted by molar-refractivity contribution is 5.85. The third-order valence-corrected chi connectivity index (χ3v) is 5.07. The highest BCUT2D eigenvalue weighted by Crippen LogP contribution is 2.35. The molecule has 0 radical (unpaired) electrons. The number of hydrogen-bond donors (Lipinski definition) is 2. The average Bonchev–Trinajstić information content (AvgIpc) is 2.80. The first-order valence-electron chi connectivity index (χ1n) is 7.85. The zero-order valence-electron chi connectivity index (χ0n) is 12.9. The van der Waals surface area contributed by atoms with Crippen LogP contribution in [0.1, 0.15) is 56.2 Å². The van der Waals surface area contributed by atoms with Crippen LogP contribution in [0.25, 0.3) is 0 Å². The van der Waals surface area contributed by atoms with Crippen molar-refractivity contribution in [3.05, 3.63) is 35.1 Å². The van der Waals surface area contributed by atoms with Crippen molar-refractivity contribution >= 4 is 18.3 Å². The summed E-state index contributed by atoms with van der Waals surface area (Å²) in [5.74, 6) is -0.264. The number of amides is 1. The average molecular weight is 327 g/mol. The van der Waals surface area contributed by atoms with Crippen molar-refractivity contribution in [2.75, 3.05) is 0 Å². The molecule has 0 saturated heterocycles. The Morgan fingerprint density at radius 2 is 2.14 bits per heavy atom. The summed E-state index contributed by atoms with van der Waals surface area (Å²) >= 11 is 0. The van der Waals surface area contributed by atoms with Crippen LogP contribution in [0, 0.1) is 11.7 Å². The number of benzene rings is 1. The summed E-state index contributed by atoms with van der Waals surface area (Å²) in [5.41, 5.74) is 7.96. The summed E-state index contributed by atoms with van der Waals surface area (Å²) in [6.07, 6.45) is 5.60. The smallest absolute Gasteiger partial charge is 0.225 e. The quantitative estimate of drug-likeness (QED) is 0.876. The Balaban J connectivity index is 0.00000176. The molecule has 3 nitrogen and oxygen atoms in total. The van der Waals surface area contributed by atoms with E-state index in [4.69, 9.17) is 5.73 Å². The maximum atomic E-state index is 13.2. The number of rotatable bonds is 2. The summed E-state index contributed by atoms with van der Waals surface area (Å²) < 4.78 is 13.2. The molecule has 3 unspecified atom stereocenters. The van der Waals surface area contributed by atoms with E-state index in [1.165, 1.54) is 6.07 Å². The van der Waals surface area contributed by atoms with E-state index < -0.39 is 5.54 Å². The van der Waals surface area contributed by atoms with E-state index in [1.807, 2.05) is 6.92 Å². The van der Waals surface area contributed by atoms with Gasteiger partial charge in [-0.15, -0.1) is 12.4 Å². The number of nitrogens with one attached hydrogen (secondary N) is 1. The second kappa shape index (κ2) is 6.55. The predicted molar refractivity (Wildman–Crippen MR) is 87.4 cm³/mol. The lowest BCUT2D eigenvalue weighted by Gasteiger charge is -2.37. The van der Waals surface area contributed by atoms with Gasteiger partial charge >= 0.3 is 0 Å². The zero-order valence-corrected chi connectivity index (χ0v) is 13.7.